The molecule has 1 aromatic carbocycles. The van der Waals surface area contributed by atoms with Gasteiger partial charge in [-0.15, -0.1) is 0 Å². The Balaban J connectivity index is 1.57. The summed E-state index contributed by atoms with van der Waals surface area (Å²) in [5, 5.41) is 3.77. The van der Waals surface area contributed by atoms with E-state index in [1.165, 1.54) is 48.8 Å². The predicted octanol–water partition coefficient (Wildman–Crippen LogP) is 3.17. The van der Waals surface area contributed by atoms with Gasteiger partial charge in [0.2, 0.25) is 0 Å². The minimum atomic E-state index is 0.716. The minimum absolute atomic E-state index is 0.716. The molecule has 1 aromatic rings. The number of hydrogen-bond donors (Lipinski definition) is 1. The first-order chi connectivity index (χ1) is 8.81. The molecule has 3 heteroatoms. The van der Waals surface area contributed by atoms with Gasteiger partial charge in [-0.05, 0) is 43.9 Å². The number of nitrogens with one attached hydrogen (secondary N) is 1. The van der Waals surface area contributed by atoms with Crippen molar-refractivity contribution in [2.45, 2.75) is 44.3 Å². The first-order valence-corrected chi connectivity index (χ1v) is 7.82. The molecular weight excluding hydrogens is 288 g/mol. The van der Waals surface area contributed by atoms with Gasteiger partial charge in [-0.1, -0.05) is 34.1 Å². The quantitative estimate of drug-likeness (QED) is 0.919. The highest BCUT2D eigenvalue weighted by Gasteiger charge is 2.27. The largest absolute Gasteiger partial charge is 0.310 e. The fraction of sp³-hybridized carbons (Fsp3) is 0.600. The lowest BCUT2D eigenvalue weighted by Gasteiger charge is -2.33. The maximum atomic E-state index is 3.77. The molecule has 1 aliphatic carbocycles. The molecule has 0 aromatic heterocycles. The van der Waals surface area contributed by atoms with Crippen molar-refractivity contribution in [2.24, 2.45) is 0 Å². The molecule has 2 aliphatic rings. The third-order valence-corrected chi connectivity index (χ3v) is 4.68. The molecule has 98 valence electrons. The summed E-state index contributed by atoms with van der Waals surface area (Å²) in [6, 6.07) is 10.1. The Morgan fingerprint density at radius 2 is 2.00 bits per heavy atom. The normalized spacial score (nSPS) is 25.3. The van der Waals surface area contributed by atoms with Crippen molar-refractivity contribution in [1.29, 1.82) is 0 Å². The molecule has 1 saturated carbocycles. The molecule has 0 spiro atoms. The maximum absolute atomic E-state index is 3.77. The number of nitrogens with zero attached hydrogens (tertiary/aromatic N) is 1. The molecule has 2 fully saturated rings. The summed E-state index contributed by atoms with van der Waals surface area (Å²) in [4.78, 5) is 2.59. The van der Waals surface area contributed by atoms with Crippen molar-refractivity contribution in [3.8, 4) is 0 Å². The van der Waals surface area contributed by atoms with Gasteiger partial charge in [0, 0.05) is 29.6 Å². The van der Waals surface area contributed by atoms with E-state index in [-0.39, 0.29) is 0 Å². The van der Waals surface area contributed by atoms with Gasteiger partial charge in [0.1, 0.15) is 0 Å². The van der Waals surface area contributed by atoms with Crippen LogP contribution in [0.4, 0.5) is 0 Å². The van der Waals surface area contributed by atoms with Crippen LogP contribution in [0.15, 0.2) is 28.7 Å². The Kier molecular flexibility index (Phi) is 4.02. The van der Waals surface area contributed by atoms with Crippen molar-refractivity contribution in [3.63, 3.8) is 0 Å². The number of piperidine rings is 1. The van der Waals surface area contributed by atoms with Crippen molar-refractivity contribution < 1.29 is 0 Å². The van der Waals surface area contributed by atoms with Gasteiger partial charge in [0.15, 0.2) is 0 Å². The Hall–Kier alpha value is -0.380. The lowest BCUT2D eigenvalue weighted by Crippen LogP contribution is -2.46. The van der Waals surface area contributed by atoms with E-state index >= 15 is 0 Å². The van der Waals surface area contributed by atoms with Gasteiger partial charge in [-0.25, -0.2) is 0 Å². The predicted molar refractivity (Wildman–Crippen MR) is 78.6 cm³/mol. The van der Waals surface area contributed by atoms with E-state index in [4.69, 9.17) is 0 Å². The SMILES string of the molecule is Brc1ccccc1CN1CCCC(NC2CC2)C1. The second kappa shape index (κ2) is 5.72. The smallest absolute Gasteiger partial charge is 0.0245 e. The lowest BCUT2D eigenvalue weighted by atomic mass is 10.0. The van der Waals surface area contributed by atoms with Crippen LogP contribution >= 0.6 is 15.9 Å². The molecule has 2 nitrogen and oxygen atoms in total. The second-order valence-electron chi connectivity index (χ2n) is 5.61. The first-order valence-electron chi connectivity index (χ1n) is 7.03. The van der Waals surface area contributed by atoms with Gasteiger partial charge in [0.25, 0.3) is 0 Å². The highest BCUT2D eigenvalue weighted by atomic mass is 79.9. The van der Waals surface area contributed by atoms with Gasteiger partial charge in [0.05, 0.1) is 0 Å². The van der Waals surface area contributed by atoms with Crippen LogP contribution in [0.3, 0.4) is 0 Å². The Bertz CT molecular complexity index is 403. The zero-order valence-electron chi connectivity index (χ0n) is 10.7. The summed E-state index contributed by atoms with van der Waals surface area (Å²) in [5.41, 5.74) is 1.41. The van der Waals surface area contributed by atoms with E-state index in [0.717, 1.165) is 12.6 Å². The van der Waals surface area contributed by atoms with Gasteiger partial charge < -0.3 is 5.32 Å². The average molecular weight is 309 g/mol. The molecule has 1 N–H and O–H groups in total. The number of rotatable bonds is 4. The highest BCUT2D eigenvalue weighted by molar-refractivity contribution is 9.10. The van der Waals surface area contributed by atoms with Crippen molar-refractivity contribution in [3.05, 3.63) is 34.3 Å². The molecule has 1 atom stereocenters. The van der Waals surface area contributed by atoms with Crippen LogP contribution in [0.1, 0.15) is 31.2 Å². The van der Waals surface area contributed by atoms with Gasteiger partial charge >= 0.3 is 0 Å². The zero-order valence-corrected chi connectivity index (χ0v) is 12.3. The maximum Gasteiger partial charge on any atom is 0.0245 e. The van der Waals surface area contributed by atoms with E-state index < -0.39 is 0 Å². The van der Waals surface area contributed by atoms with Crippen LogP contribution in [0, 0.1) is 0 Å². The van der Waals surface area contributed by atoms with E-state index in [9.17, 15) is 0 Å². The number of likely N-dealkylation sites (tertiary alicyclic amines) is 1. The van der Waals surface area contributed by atoms with Crippen LogP contribution in [-0.4, -0.2) is 30.1 Å². The lowest BCUT2D eigenvalue weighted by molar-refractivity contribution is 0.182. The van der Waals surface area contributed by atoms with Gasteiger partial charge in [-0.2, -0.15) is 0 Å². The van der Waals surface area contributed by atoms with E-state index in [2.05, 4.69) is 50.4 Å². The molecular formula is C15H21BrN2. The van der Waals surface area contributed by atoms with Crippen molar-refractivity contribution >= 4 is 15.9 Å². The molecule has 0 bridgehead atoms. The molecule has 1 saturated heterocycles. The molecule has 1 unspecified atom stereocenters. The summed E-state index contributed by atoms with van der Waals surface area (Å²) >= 11 is 3.65. The van der Waals surface area contributed by atoms with Crippen LogP contribution in [-0.2, 0) is 6.54 Å². The van der Waals surface area contributed by atoms with E-state index in [1.54, 1.807) is 0 Å². The number of benzene rings is 1. The van der Waals surface area contributed by atoms with Crippen LogP contribution in [0.5, 0.6) is 0 Å². The fourth-order valence-corrected chi connectivity index (χ4v) is 3.20. The molecule has 18 heavy (non-hydrogen) atoms. The molecule has 1 heterocycles. The Labute approximate surface area is 118 Å². The summed E-state index contributed by atoms with van der Waals surface area (Å²) in [5.74, 6) is 0. The Morgan fingerprint density at radius 1 is 1.17 bits per heavy atom. The third kappa shape index (κ3) is 3.34. The third-order valence-electron chi connectivity index (χ3n) is 3.91. The standard InChI is InChI=1S/C15H21BrN2/c16-15-6-2-1-4-12(15)10-18-9-3-5-14(11-18)17-13-7-8-13/h1-2,4,6,13-14,17H,3,5,7-11H2. The van der Waals surface area contributed by atoms with E-state index in [0.29, 0.717) is 6.04 Å². The monoisotopic (exact) mass is 308 g/mol. The molecule has 0 amide bonds. The summed E-state index contributed by atoms with van der Waals surface area (Å²) < 4.78 is 1.24. The molecule has 1 aliphatic heterocycles. The van der Waals surface area contributed by atoms with Crippen LogP contribution in [0.25, 0.3) is 0 Å². The average Bonchev–Trinajstić information content (AvgIpc) is 3.17. The summed E-state index contributed by atoms with van der Waals surface area (Å²) in [7, 11) is 0. The second-order valence-corrected chi connectivity index (χ2v) is 6.46. The topological polar surface area (TPSA) is 15.3 Å². The number of halogens is 1. The molecule has 0 radical (unpaired) electrons. The van der Waals surface area contributed by atoms with Crippen LogP contribution < -0.4 is 5.32 Å². The van der Waals surface area contributed by atoms with E-state index in [1.807, 2.05) is 0 Å². The molecule has 3 rings (SSSR count). The minimum Gasteiger partial charge on any atom is -0.310 e. The van der Waals surface area contributed by atoms with Crippen molar-refractivity contribution in [2.75, 3.05) is 13.1 Å². The number of hydrogen-bond acceptors (Lipinski definition) is 2. The zero-order chi connectivity index (χ0) is 12.4. The first kappa shape index (κ1) is 12.6. The Morgan fingerprint density at radius 3 is 2.78 bits per heavy atom. The highest BCUT2D eigenvalue weighted by Crippen LogP contribution is 2.23. The van der Waals surface area contributed by atoms with Crippen LogP contribution in [0.2, 0.25) is 0 Å². The summed E-state index contributed by atoms with van der Waals surface area (Å²) in [6.07, 6.45) is 5.46. The van der Waals surface area contributed by atoms with Crippen molar-refractivity contribution in [1.82, 2.24) is 10.2 Å². The fourth-order valence-electron chi connectivity index (χ4n) is 2.79. The van der Waals surface area contributed by atoms with Gasteiger partial charge in [-0.3, -0.25) is 4.90 Å². The summed E-state index contributed by atoms with van der Waals surface area (Å²) in [6.45, 7) is 3.52.